The minimum Gasteiger partial charge on any atom is -0.481 e. The Labute approximate surface area is 142 Å². The van der Waals surface area contributed by atoms with Gasteiger partial charge in [-0.05, 0) is 18.2 Å². The maximum atomic E-state index is 10.7. The molecular weight excluding hydrogens is 334 g/mol. The van der Waals surface area contributed by atoms with Gasteiger partial charge in [-0.3, -0.25) is 10.2 Å². The molecule has 1 aliphatic heterocycles. The normalized spacial score (nSPS) is 13.3. The summed E-state index contributed by atoms with van der Waals surface area (Å²) in [6.45, 7) is 0. The Kier molecular flexibility index (Phi) is 4.64. The molecule has 2 aromatic carbocycles. The highest BCUT2D eigenvalue weighted by Crippen LogP contribution is 2.28. The molecule has 2 aromatic rings. The summed E-state index contributed by atoms with van der Waals surface area (Å²) in [6.07, 6.45) is 0. The lowest BCUT2D eigenvalue weighted by Crippen LogP contribution is -2.17. The second kappa shape index (κ2) is 6.85. The monoisotopic (exact) mass is 345 g/mol. The van der Waals surface area contributed by atoms with Crippen LogP contribution in [-0.2, 0) is 4.79 Å². The molecule has 0 unspecified atom stereocenters. The standard InChI is InChI=1S/C16H12ClN3O2S/c17-11-6-7-13-12(8-11)15(10-4-2-1-3-5-10)19-20-16(18-13)23-9-14(21)22/h1-8H,9H2,(H,18,20)(H,21,22). The molecule has 116 valence electrons. The number of fused-ring (bicyclic) bond motifs is 1. The van der Waals surface area contributed by atoms with Crippen molar-refractivity contribution in [3.8, 4) is 0 Å². The number of aliphatic imine (C=N–C) groups is 1. The van der Waals surface area contributed by atoms with Crippen LogP contribution in [0.25, 0.3) is 0 Å². The fourth-order valence-electron chi connectivity index (χ4n) is 2.10. The molecule has 0 aromatic heterocycles. The summed E-state index contributed by atoms with van der Waals surface area (Å²) in [6, 6.07) is 15.0. The van der Waals surface area contributed by atoms with Crippen molar-refractivity contribution in [2.75, 3.05) is 5.75 Å². The van der Waals surface area contributed by atoms with E-state index in [9.17, 15) is 4.79 Å². The van der Waals surface area contributed by atoms with E-state index in [4.69, 9.17) is 16.7 Å². The summed E-state index contributed by atoms with van der Waals surface area (Å²) in [5, 5.41) is 14.2. The van der Waals surface area contributed by atoms with Gasteiger partial charge in [0.15, 0.2) is 5.17 Å². The van der Waals surface area contributed by atoms with E-state index in [-0.39, 0.29) is 5.75 Å². The molecule has 5 nitrogen and oxygen atoms in total. The van der Waals surface area contributed by atoms with E-state index in [0.29, 0.717) is 21.6 Å². The maximum absolute atomic E-state index is 10.7. The zero-order valence-corrected chi connectivity index (χ0v) is 13.4. The highest BCUT2D eigenvalue weighted by Gasteiger charge is 2.17. The Morgan fingerprint density at radius 1 is 1.22 bits per heavy atom. The summed E-state index contributed by atoms with van der Waals surface area (Å²) in [4.78, 5) is 15.2. The number of hydrogen-bond donors (Lipinski definition) is 2. The highest BCUT2D eigenvalue weighted by molar-refractivity contribution is 8.14. The number of rotatable bonds is 3. The fourth-order valence-corrected chi connectivity index (χ4v) is 2.81. The van der Waals surface area contributed by atoms with Crippen molar-refractivity contribution in [2.24, 2.45) is 10.1 Å². The van der Waals surface area contributed by atoms with Crippen molar-refractivity contribution >= 4 is 45.9 Å². The summed E-state index contributed by atoms with van der Waals surface area (Å²) < 4.78 is 0. The number of amidine groups is 1. The minimum atomic E-state index is -0.910. The van der Waals surface area contributed by atoms with Crippen LogP contribution in [0, 0.1) is 0 Å². The number of nitrogens with zero attached hydrogens (tertiary/aromatic N) is 2. The van der Waals surface area contributed by atoms with Crippen molar-refractivity contribution in [1.29, 1.82) is 0 Å². The van der Waals surface area contributed by atoms with Gasteiger partial charge in [0, 0.05) is 16.1 Å². The number of aliphatic carboxylic acids is 1. The third-order valence-electron chi connectivity index (χ3n) is 3.08. The molecule has 1 aliphatic rings. The predicted molar refractivity (Wildman–Crippen MR) is 93.9 cm³/mol. The lowest BCUT2D eigenvalue weighted by Gasteiger charge is -2.07. The molecule has 2 N–H and O–H groups in total. The maximum Gasteiger partial charge on any atom is 0.313 e. The summed E-state index contributed by atoms with van der Waals surface area (Å²) in [7, 11) is 0. The third kappa shape index (κ3) is 3.72. The third-order valence-corrected chi connectivity index (χ3v) is 4.16. The van der Waals surface area contributed by atoms with Gasteiger partial charge in [0.05, 0.1) is 11.4 Å². The van der Waals surface area contributed by atoms with Crippen molar-refractivity contribution in [1.82, 2.24) is 5.43 Å². The molecule has 0 aliphatic carbocycles. The number of benzene rings is 2. The number of hydrazone groups is 1. The lowest BCUT2D eigenvalue weighted by molar-refractivity contribution is -0.133. The summed E-state index contributed by atoms with van der Waals surface area (Å²) in [5.41, 5.74) is 5.96. The average molecular weight is 346 g/mol. The van der Waals surface area contributed by atoms with Crippen LogP contribution in [0.2, 0.25) is 5.02 Å². The van der Waals surface area contributed by atoms with E-state index in [1.165, 1.54) is 0 Å². The molecule has 0 saturated carbocycles. The number of carbonyl (C=O) groups is 1. The van der Waals surface area contributed by atoms with E-state index in [0.717, 1.165) is 22.9 Å². The Bertz CT molecular complexity index is 806. The Balaban J connectivity index is 2.05. The molecule has 0 amide bonds. The molecule has 0 fully saturated rings. The molecule has 0 atom stereocenters. The first kappa shape index (κ1) is 15.6. The molecule has 0 bridgehead atoms. The summed E-state index contributed by atoms with van der Waals surface area (Å²) in [5.74, 6) is -1.00. The highest BCUT2D eigenvalue weighted by atomic mass is 35.5. The molecular formula is C16H12ClN3O2S. The topological polar surface area (TPSA) is 74.0 Å². The van der Waals surface area contributed by atoms with E-state index in [1.807, 2.05) is 30.3 Å². The van der Waals surface area contributed by atoms with E-state index >= 15 is 0 Å². The minimum absolute atomic E-state index is 0.0923. The zero-order valence-electron chi connectivity index (χ0n) is 11.9. The molecule has 7 heteroatoms. The van der Waals surface area contributed by atoms with Gasteiger partial charge in [-0.1, -0.05) is 53.7 Å². The Morgan fingerprint density at radius 2 is 2.00 bits per heavy atom. The van der Waals surface area contributed by atoms with Crippen LogP contribution in [0.3, 0.4) is 0 Å². The smallest absolute Gasteiger partial charge is 0.313 e. The van der Waals surface area contributed by atoms with Gasteiger partial charge in [-0.2, -0.15) is 5.10 Å². The number of carboxylic acid groups (broad SMARTS) is 1. The molecule has 0 saturated heterocycles. The van der Waals surface area contributed by atoms with Crippen LogP contribution < -0.4 is 5.43 Å². The van der Waals surface area contributed by atoms with Gasteiger partial charge in [0.25, 0.3) is 0 Å². The van der Waals surface area contributed by atoms with Crippen LogP contribution in [0.4, 0.5) is 5.69 Å². The number of carboxylic acids is 1. The first-order valence-corrected chi connectivity index (χ1v) is 8.12. The Morgan fingerprint density at radius 3 is 2.74 bits per heavy atom. The van der Waals surface area contributed by atoms with E-state index < -0.39 is 5.97 Å². The fraction of sp³-hybridized carbons (Fsp3) is 0.0625. The van der Waals surface area contributed by atoms with E-state index in [2.05, 4.69) is 15.5 Å². The van der Waals surface area contributed by atoms with Crippen LogP contribution in [0.5, 0.6) is 0 Å². The van der Waals surface area contributed by atoms with E-state index in [1.54, 1.807) is 18.2 Å². The van der Waals surface area contributed by atoms with Crippen molar-refractivity contribution in [3.05, 3.63) is 64.7 Å². The second-order valence-corrected chi connectivity index (χ2v) is 6.10. The average Bonchev–Trinajstić information content (AvgIpc) is 2.73. The van der Waals surface area contributed by atoms with Crippen molar-refractivity contribution < 1.29 is 9.90 Å². The molecule has 3 rings (SSSR count). The first-order chi connectivity index (χ1) is 11.1. The molecule has 0 radical (unpaired) electrons. The van der Waals surface area contributed by atoms with Crippen molar-refractivity contribution in [2.45, 2.75) is 0 Å². The van der Waals surface area contributed by atoms with Crippen LogP contribution in [-0.4, -0.2) is 27.7 Å². The Hall–Kier alpha value is -2.31. The van der Waals surface area contributed by atoms with Gasteiger partial charge in [-0.25, -0.2) is 4.99 Å². The van der Waals surface area contributed by atoms with Crippen molar-refractivity contribution in [3.63, 3.8) is 0 Å². The van der Waals surface area contributed by atoms with Gasteiger partial charge < -0.3 is 5.11 Å². The molecule has 1 heterocycles. The molecule has 23 heavy (non-hydrogen) atoms. The zero-order chi connectivity index (χ0) is 16.2. The number of hydrogen-bond acceptors (Lipinski definition) is 5. The predicted octanol–water partition coefficient (Wildman–Crippen LogP) is 3.50. The number of halogens is 1. The lowest BCUT2D eigenvalue weighted by atomic mass is 10.0. The van der Waals surface area contributed by atoms with Gasteiger partial charge in [0.2, 0.25) is 0 Å². The summed E-state index contributed by atoms with van der Waals surface area (Å²) >= 11 is 7.20. The first-order valence-electron chi connectivity index (χ1n) is 6.76. The quantitative estimate of drug-likeness (QED) is 0.892. The van der Waals surface area contributed by atoms with Gasteiger partial charge in [0.1, 0.15) is 5.71 Å². The second-order valence-electron chi connectivity index (χ2n) is 4.70. The van der Waals surface area contributed by atoms with Crippen LogP contribution in [0.15, 0.2) is 58.6 Å². The number of nitrogens with one attached hydrogen (secondary N) is 1. The largest absolute Gasteiger partial charge is 0.481 e. The SMILES string of the molecule is O=C(O)CSC1=Nc2ccc(Cl)cc2C(c2ccccc2)=NN1. The van der Waals surface area contributed by atoms with Gasteiger partial charge >= 0.3 is 5.97 Å². The molecule has 0 spiro atoms. The number of thioether (sulfide) groups is 1. The van der Waals surface area contributed by atoms with Crippen LogP contribution in [0.1, 0.15) is 11.1 Å². The van der Waals surface area contributed by atoms with Gasteiger partial charge in [-0.15, -0.1) is 0 Å². The van der Waals surface area contributed by atoms with Crippen LogP contribution >= 0.6 is 23.4 Å².